The zero-order chi connectivity index (χ0) is 16.8. The van der Waals surface area contributed by atoms with Crippen LogP contribution in [0.2, 0.25) is 0 Å². The Kier molecular flexibility index (Phi) is 6.45. The molecule has 2 atom stereocenters. The second-order valence-corrected chi connectivity index (χ2v) is 6.71. The number of halogens is 1. The summed E-state index contributed by atoms with van der Waals surface area (Å²) in [5.41, 5.74) is 0.336. The van der Waals surface area contributed by atoms with Crippen LogP contribution in [0.5, 0.6) is 5.75 Å². The van der Waals surface area contributed by atoms with Crippen molar-refractivity contribution in [3.05, 3.63) is 28.2 Å². The van der Waals surface area contributed by atoms with E-state index in [9.17, 15) is 9.59 Å². The molecule has 23 heavy (non-hydrogen) atoms. The van der Waals surface area contributed by atoms with Crippen LogP contribution < -0.4 is 10.1 Å². The van der Waals surface area contributed by atoms with Gasteiger partial charge in [-0.25, -0.2) is 4.79 Å². The second kappa shape index (κ2) is 8.34. The molecule has 0 heterocycles. The van der Waals surface area contributed by atoms with Crippen molar-refractivity contribution in [1.29, 1.82) is 0 Å². The van der Waals surface area contributed by atoms with Crippen LogP contribution in [0.1, 0.15) is 43.0 Å². The van der Waals surface area contributed by atoms with Crippen molar-refractivity contribution in [3.63, 3.8) is 0 Å². The molecule has 1 N–H and O–H groups in total. The van der Waals surface area contributed by atoms with E-state index in [2.05, 4.69) is 28.2 Å². The highest BCUT2D eigenvalue weighted by Crippen LogP contribution is 2.24. The summed E-state index contributed by atoms with van der Waals surface area (Å²) in [6, 6.07) is 5.20. The van der Waals surface area contributed by atoms with Gasteiger partial charge < -0.3 is 14.8 Å². The van der Waals surface area contributed by atoms with Gasteiger partial charge in [-0.2, -0.15) is 0 Å². The van der Waals surface area contributed by atoms with Crippen molar-refractivity contribution in [2.75, 3.05) is 13.7 Å². The van der Waals surface area contributed by atoms with Gasteiger partial charge in [0, 0.05) is 10.5 Å². The third kappa shape index (κ3) is 4.96. The third-order valence-electron chi connectivity index (χ3n) is 4.19. The third-order valence-corrected chi connectivity index (χ3v) is 4.88. The van der Waals surface area contributed by atoms with Gasteiger partial charge in [0.15, 0.2) is 6.61 Å². The van der Waals surface area contributed by atoms with Crippen molar-refractivity contribution in [2.45, 2.75) is 38.6 Å². The molecule has 1 saturated carbocycles. The van der Waals surface area contributed by atoms with E-state index >= 15 is 0 Å². The number of ether oxygens (including phenoxy) is 2. The topological polar surface area (TPSA) is 64.6 Å². The van der Waals surface area contributed by atoms with Crippen molar-refractivity contribution in [1.82, 2.24) is 5.32 Å². The number of carbonyl (C=O) groups is 2. The summed E-state index contributed by atoms with van der Waals surface area (Å²) in [6.45, 7) is 1.87. The van der Waals surface area contributed by atoms with Gasteiger partial charge >= 0.3 is 5.97 Å². The van der Waals surface area contributed by atoms with Gasteiger partial charge in [-0.05, 0) is 52.9 Å². The van der Waals surface area contributed by atoms with Crippen LogP contribution in [0.15, 0.2) is 22.7 Å². The molecule has 0 aliphatic heterocycles. The summed E-state index contributed by atoms with van der Waals surface area (Å²) in [6.07, 6.45) is 4.46. The summed E-state index contributed by atoms with van der Waals surface area (Å²) in [7, 11) is 1.52. The molecule has 1 aromatic carbocycles. The summed E-state index contributed by atoms with van der Waals surface area (Å²) in [5, 5.41) is 2.96. The molecule has 1 aromatic rings. The minimum absolute atomic E-state index is 0.179. The molecule has 1 aliphatic rings. The van der Waals surface area contributed by atoms with Gasteiger partial charge in [-0.1, -0.05) is 19.8 Å². The predicted octanol–water partition coefficient (Wildman–Crippen LogP) is 3.31. The van der Waals surface area contributed by atoms with E-state index in [4.69, 9.17) is 9.47 Å². The molecule has 0 bridgehead atoms. The van der Waals surface area contributed by atoms with Crippen LogP contribution in [0.25, 0.3) is 0 Å². The Bertz CT molecular complexity index is 576. The van der Waals surface area contributed by atoms with Crippen LogP contribution in [0.4, 0.5) is 0 Å². The fourth-order valence-electron chi connectivity index (χ4n) is 2.78. The van der Waals surface area contributed by atoms with E-state index in [1.165, 1.54) is 13.5 Å². The molecule has 0 unspecified atom stereocenters. The predicted molar refractivity (Wildman–Crippen MR) is 90.5 cm³/mol. The molecule has 6 heteroatoms. The monoisotopic (exact) mass is 383 g/mol. The number of methoxy groups -OCH3 is 1. The largest absolute Gasteiger partial charge is 0.497 e. The van der Waals surface area contributed by atoms with Crippen LogP contribution in [0, 0.1) is 5.92 Å². The summed E-state index contributed by atoms with van der Waals surface area (Å²) in [5.74, 6) is 0.218. The highest BCUT2D eigenvalue weighted by molar-refractivity contribution is 9.10. The molecule has 1 amide bonds. The number of carbonyl (C=O) groups excluding carboxylic acids is 2. The van der Waals surface area contributed by atoms with Crippen LogP contribution in [-0.2, 0) is 9.53 Å². The Hall–Kier alpha value is -1.56. The molecule has 1 fully saturated rings. The molecule has 1 aliphatic carbocycles. The minimum Gasteiger partial charge on any atom is -0.497 e. The number of esters is 1. The summed E-state index contributed by atoms with van der Waals surface area (Å²) < 4.78 is 10.8. The average Bonchev–Trinajstić information content (AvgIpc) is 2.55. The fraction of sp³-hybridized carbons (Fsp3) is 0.529. The van der Waals surface area contributed by atoms with Crippen molar-refractivity contribution < 1.29 is 19.1 Å². The highest BCUT2D eigenvalue weighted by Gasteiger charge is 2.23. The van der Waals surface area contributed by atoms with Gasteiger partial charge in [-0.15, -0.1) is 0 Å². The van der Waals surface area contributed by atoms with Crippen molar-refractivity contribution >= 4 is 27.8 Å². The van der Waals surface area contributed by atoms with Gasteiger partial charge in [0.1, 0.15) is 5.75 Å². The molecular formula is C17H22BrNO4. The maximum Gasteiger partial charge on any atom is 0.339 e. The van der Waals surface area contributed by atoms with Crippen molar-refractivity contribution in [2.24, 2.45) is 5.92 Å². The number of amides is 1. The molecule has 0 radical (unpaired) electrons. The zero-order valence-corrected chi connectivity index (χ0v) is 15.0. The lowest BCUT2D eigenvalue weighted by molar-refractivity contribution is -0.125. The molecule has 5 nitrogen and oxygen atoms in total. The maximum atomic E-state index is 12.1. The quantitative estimate of drug-likeness (QED) is 0.792. The normalized spacial score (nSPS) is 20.7. The van der Waals surface area contributed by atoms with Crippen LogP contribution in [0.3, 0.4) is 0 Å². The van der Waals surface area contributed by atoms with Crippen molar-refractivity contribution in [3.8, 4) is 5.75 Å². The van der Waals surface area contributed by atoms with E-state index in [1.54, 1.807) is 18.2 Å². The molecular weight excluding hydrogens is 362 g/mol. The first kappa shape index (κ1) is 17.8. The van der Waals surface area contributed by atoms with Crippen LogP contribution >= 0.6 is 15.9 Å². The van der Waals surface area contributed by atoms with E-state index in [-0.39, 0.29) is 18.6 Å². The Morgan fingerprint density at radius 3 is 2.74 bits per heavy atom. The maximum absolute atomic E-state index is 12.1. The van der Waals surface area contributed by atoms with Gasteiger partial charge in [-0.3, -0.25) is 4.79 Å². The van der Waals surface area contributed by atoms with E-state index in [0.717, 1.165) is 19.3 Å². The average molecular weight is 384 g/mol. The second-order valence-electron chi connectivity index (χ2n) is 5.86. The first-order valence-corrected chi connectivity index (χ1v) is 8.60. The lowest BCUT2D eigenvalue weighted by Gasteiger charge is -2.29. The van der Waals surface area contributed by atoms with E-state index < -0.39 is 5.97 Å². The molecule has 126 valence electrons. The number of nitrogens with one attached hydrogen (secondary N) is 1. The first-order chi connectivity index (χ1) is 11.0. The Morgan fingerprint density at radius 2 is 2.04 bits per heavy atom. The Morgan fingerprint density at radius 1 is 1.30 bits per heavy atom. The number of rotatable bonds is 5. The molecule has 2 rings (SSSR count). The number of benzene rings is 1. The Labute approximate surface area is 144 Å². The van der Waals surface area contributed by atoms with E-state index in [0.29, 0.717) is 21.7 Å². The Balaban J connectivity index is 1.87. The molecule has 0 spiro atoms. The number of hydrogen-bond acceptors (Lipinski definition) is 4. The summed E-state index contributed by atoms with van der Waals surface area (Å²) >= 11 is 3.30. The summed E-state index contributed by atoms with van der Waals surface area (Å²) in [4.78, 5) is 24.1. The minimum atomic E-state index is -0.553. The zero-order valence-electron chi connectivity index (χ0n) is 13.4. The first-order valence-electron chi connectivity index (χ1n) is 7.81. The molecule has 0 saturated heterocycles. The lowest BCUT2D eigenvalue weighted by atomic mass is 9.86. The fourth-order valence-corrected chi connectivity index (χ4v) is 3.18. The lowest BCUT2D eigenvalue weighted by Crippen LogP contribution is -2.42. The smallest absolute Gasteiger partial charge is 0.339 e. The van der Waals surface area contributed by atoms with Gasteiger partial charge in [0.2, 0.25) is 0 Å². The van der Waals surface area contributed by atoms with Gasteiger partial charge in [0.25, 0.3) is 5.91 Å². The standard InChI is InChI=1S/C17H22BrNO4/c1-11-5-3-4-6-15(11)19-16(20)10-23-17(21)13-9-12(22-2)7-8-14(13)18/h7-9,11,15H,3-6,10H2,1-2H3,(H,19,20)/t11-,15+/m0/s1. The van der Waals surface area contributed by atoms with Crippen LogP contribution in [-0.4, -0.2) is 31.6 Å². The highest BCUT2D eigenvalue weighted by atomic mass is 79.9. The molecule has 0 aromatic heterocycles. The number of hydrogen-bond donors (Lipinski definition) is 1. The van der Waals surface area contributed by atoms with Gasteiger partial charge in [0.05, 0.1) is 12.7 Å². The van der Waals surface area contributed by atoms with E-state index in [1.807, 2.05) is 0 Å². The SMILES string of the molecule is COc1ccc(Br)c(C(=O)OCC(=O)N[C@@H]2CCCC[C@@H]2C)c1.